The maximum Gasteiger partial charge on any atom is 0.357 e. The summed E-state index contributed by atoms with van der Waals surface area (Å²) in [5.41, 5.74) is 2.38. The van der Waals surface area contributed by atoms with Crippen LogP contribution < -0.4 is 4.74 Å². The zero-order valence-corrected chi connectivity index (χ0v) is 17.5. The summed E-state index contributed by atoms with van der Waals surface area (Å²) >= 11 is 1.11. The summed E-state index contributed by atoms with van der Waals surface area (Å²) in [5, 5.41) is 1.74. The summed E-state index contributed by atoms with van der Waals surface area (Å²) in [6, 6.07) is 5.78. The van der Waals surface area contributed by atoms with Gasteiger partial charge in [0, 0.05) is 5.38 Å². The predicted molar refractivity (Wildman–Crippen MR) is 112 cm³/mol. The van der Waals surface area contributed by atoms with Gasteiger partial charge in [0.15, 0.2) is 17.3 Å². The molecule has 1 aromatic heterocycles. The molecule has 0 atom stereocenters. The molecule has 0 aliphatic rings. The molecule has 2 aromatic rings. The van der Waals surface area contributed by atoms with Crippen LogP contribution in [0.1, 0.15) is 70.4 Å². The van der Waals surface area contributed by atoms with Crippen LogP contribution in [0.2, 0.25) is 0 Å². The number of esters is 1. The summed E-state index contributed by atoms with van der Waals surface area (Å²) in [6.45, 7) is 4.11. The van der Waals surface area contributed by atoms with Crippen LogP contribution in [0.3, 0.4) is 0 Å². The minimum atomic E-state index is -0.555. The van der Waals surface area contributed by atoms with Gasteiger partial charge < -0.3 is 9.47 Å². The number of hydrogen-bond donors (Lipinski definition) is 0. The van der Waals surface area contributed by atoms with Crippen LogP contribution in [-0.4, -0.2) is 30.5 Å². The Bertz CT molecular complexity index is 826. The number of carbonyl (C=O) groups is 2. The molecule has 0 fully saturated rings. The van der Waals surface area contributed by atoms with Crippen LogP contribution in [0.5, 0.6) is 5.75 Å². The molecule has 6 heteroatoms. The molecule has 28 heavy (non-hydrogen) atoms. The molecule has 150 valence electrons. The number of ether oxygens (including phenoxy) is 2. The Morgan fingerprint density at radius 3 is 2.75 bits per heavy atom. The van der Waals surface area contributed by atoms with Gasteiger partial charge in [0.25, 0.3) is 0 Å². The van der Waals surface area contributed by atoms with E-state index in [4.69, 9.17) is 4.74 Å². The van der Waals surface area contributed by atoms with Gasteiger partial charge in [-0.2, -0.15) is 0 Å². The van der Waals surface area contributed by atoms with Gasteiger partial charge in [-0.25, -0.2) is 9.78 Å². The molecule has 1 heterocycles. The van der Waals surface area contributed by atoms with Crippen molar-refractivity contribution >= 4 is 29.2 Å². The molecule has 0 N–H and O–H groups in total. The number of benzene rings is 1. The lowest BCUT2D eigenvalue weighted by Crippen LogP contribution is -2.12. The first-order valence-electron chi connectivity index (χ1n) is 9.52. The fourth-order valence-electron chi connectivity index (χ4n) is 2.63. The number of hydrogen-bond acceptors (Lipinski definition) is 6. The number of nitrogens with zero attached hydrogens (tertiary/aromatic N) is 1. The highest BCUT2D eigenvalue weighted by molar-refractivity contribution is 7.12. The number of aromatic nitrogens is 1. The molecule has 5 nitrogen and oxygen atoms in total. The van der Waals surface area contributed by atoms with E-state index in [1.807, 2.05) is 25.1 Å². The van der Waals surface area contributed by atoms with Crippen LogP contribution in [0.15, 0.2) is 29.7 Å². The summed E-state index contributed by atoms with van der Waals surface area (Å²) in [6.07, 6.45) is 10.5. The van der Waals surface area contributed by atoms with E-state index in [0.29, 0.717) is 5.75 Å². The molecule has 1 aromatic carbocycles. The van der Waals surface area contributed by atoms with Gasteiger partial charge in [0.1, 0.15) is 5.75 Å². The second-order valence-corrected chi connectivity index (χ2v) is 7.37. The Balaban J connectivity index is 1.86. The van der Waals surface area contributed by atoms with Gasteiger partial charge in [-0.05, 0) is 43.0 Å². The number of ketones is 1. The highest BCUT2D eigenvalue weighted by atomic mass is 32.1. The minimum absolute atomic E-state index is 0.125. The first-order chi connectivity index (χ1) is 13.5. The third-order valence-corrected chi connectivity index (χ3v) is 5.15. The van der Waals surface area contributed by atoms with E-state index in [0.717, 1.165) is 28.9 Å². The fourth-order valence-corrected chi connectivity index (χ4v) is 3.35. The number of methoxy groups -OCH3 is 1. The van der Waals surface area contributed by atoms with Crippen molar-refractivity contribution < 1.29 is 19.1 Å². The summed E-state index contributed by atoms with van der Waals surface area (Å²) in [4.78, 5) is 27.6. The molecule has 0 aliphatic carbocycles. The standard InChI is InChI=1S/C22H27NO4S/c1-4-5-6-7-8-9-10-17-11-12-18(13-16(17)2)27-14-20(24)21-23-19(15-28-21)22(25)26-3/h9-13,15H,4-8,14H2,1-3H3/b10-9+. The van der Waals surface area contributed by atoms with Crippen molar-refractivity contribution in [2.45, 2.75) is 46.0 Å². The van der Waals surface area contributed by atoms with Gasteiger partial charge >= 0.3 is 5.97 Å². The number of aryl methyl sites for hydroxylation is 1. The summed E-state index contributed by atoms with van der Waals surface area (Å²) in [5.74, 6) is -0.189. The lowest BCUT2D eigenvalue weighted by molar-refractivity contribution is 0.0595. The number of rotatable bonds is 11. The van der Waals surface area contributed by atoms with E-state index in [1.54, 1.807) is 0 Å². The van der Waals surface area contributed by atoms with Crippen molar-refractivity contribution in [1.29, 1.82) is 0 Å². The first kappa shape index (κ1) is 21.8. The second kappa shape index (κ2) is 11.4. The Hall–Kier alpha value is -2.47. The number of thiazole rings is 1. The Labute approximate surface area is 170 Å². The molecule has 0 unspecified atom stereocenters. The van der Waals surface area contributed by atoms with E-state index in [9.17, 15) is 9.59 Å². The van der Waals surface area contributed by atoms with Gasteiger partial charge in [-0.1, -0.05) is 44.4 Å². The van der Waals surface area contributed by atoms with Gasteiger partial charge in [-0.3, -0.25) is 4.79 Å². The predicted octanol–water partition coefficient (Wildman–Crippen LogP) is 5.48. The maximum atomic E-state index is 12.2. The number of Topliss-reactive ketones (excluding diaryl/α,β-unsaturated/α-hetero) is 1. The van der Waals surface area contributed by atoms with Crippen molar-refractivity contribution in [3.63, 3.8) is 0 Å². The van der Waals surface area contributed by atoms with Crippen molar-refractivity contribution in [3.8, 4) is 5.75 Å². The Morgan fingerprint density at radius 1 is 1.21 bits per heavy atom. The van der Waals surface area contributed by atoms with Crippen molar-refractivity contribution in [3.05, 3.63) is 51.5 Å². The molecule has 0 aliphatic heterocycles. The van der Waals surface area contributed by atoms with Crippen LogP contribution in [-0.2, 0) is 4.74 Å². The molecule has 0 spiro atoms. The number of unbranched alkanes of at least 4 members (excludes halogenated alkanes) is 4. The summed E-state index contributed by atoms with van der Waals surface area (Å²) in [7, 11) is 1.28. The van der Waals surface area contributed by atoms with E-state index in [2.05, 4.69) is 28.8 Å². The van der Waals surface area contributed by atoms with Gasteiger partial charge in [0.2, 0.25) is 5.78 Å². The van der Waals surface area contributed by atoms with E-state index >= 15 is 0 Å². The lowest BCUT2D eigenvalue weighted by Gasteiger charge is -2.07. The first-order valence-corrected chi connectivity index (χ1v) is 10.4. The minimum Gasteiger partial charge on any atom is -0.485 e. The Kier molecular flexibility index (Phi) is 8.88. The Morgan fingerprint density at radius 2 is 2.04 bits per heavy atom. The monoisotopic (exact) mass is 401 g/mol. The van der Waals surface area contributed by atoms with Crippen molar-refractivity contribution in [2.24, 2.45) is 0 Å². The van der Waals surface area contributed by atoms with Crippen LogP contribution >= 0.6 is 11.3 Å². The molecule has 0 saturated heterocycles. The SMILES string of the molecule is CCCCCC/C=C/c1ccc(OCC(=O)c2nc(C(=O)OC)cs2)cc1C. The topological polar surface area (TPSA) is 65.5 Å². The lowest BCUT2D eigenvalue weighted by atomic mass is 10.1. The number of carbonyl (C=O) groups excluding carboxylic acids is 2. The van der Waals surface area contributed by atoms with Crippen molar-refractivity contribution in [2.75, 3.05) is 13.7 Å². The highest BCUT2D eigenvalue weighted by Crippen LogP contribution is 2.20. The molecule has 0 radical (unpaired) electrons. The molecular formula is C22H27NO4S. The molecular weight excluding hydrogens is 374 g/mol. The third-order valence-electron chi connectivity index (χ3n) is 4.27. The molecule has 0 amide bonds. The highest BCUT2D eigenvalue weighted by Gasteiger charge is 2.16. The average Bonchev–Trinajstić information content (AvgIpc) is 3.19. The van der Waals surface area contributed by atoms with E-state index < -0.39 is 5.97 Å². The molecule has 0 saturated carbocycles. The third kappa shape index (κ3) is 6.60. The molecule has 2 rings (SSSR count). The van der Waals surface area contributed by atoms with E-state index in [-0.39, 0.29) is 23.1 Å². The maximum absolute atomic E-state index is 12.2. The van der Waals surface area contributed by atoms with Crippen molar-refractivity contribution in [1.82, 2.24) is 4.98 Å². The normalized spacial score (nSPS) is 11.0. The van der Waals surface area contributed by atoms with Crippen LogP contribution in [0.25, 0.3) is 6.08 Å². The van der Waals surface area contributed by atoms with E-state index in [1.165, 1.54) is 38.2 Å². The quantitative estimate of drug-likeness (QED) is 0.283. The summed E-state index contributed by atoms with van der Waals surface area (Å²) < 4.78 is 10.2. The zero-order valence-electron chi connectivity index (χ0n) is 16.7. The van der Waals surface area contributed by atoms with Gasteiger partial charge in [0.05, 0.1) is 7.11 Å². The second-order valence-electron chi connectivity index (χ2n) is 6.51. The largest absolute Gasteiger partial charge is 0.485 e. The van der Waals surface area contributed by atoms with Crippen LogP contribution in [0, 0.1) is 6.92 Å². The fraction of sp³-hybridized carbons (Fsp3) is 0.409. The molecule has 0 bridgehead atoms. The average molecular weight is 402 g/mol. The number of allylic oxidation sites excluding steroid dienone is 1. The zero-order chi connectivity index (χ0) is 20.4. The smallest absolute Gasteiger partial charge is 0.357 e. The van der Waals surface area contributed by atoms with Gasteiger partial charge in [-0.15, -0.1) is 11.3 Å². The van der Waals surface area contributed by atoms with Crippen LogP contribution in [0.4, 0.5) is 0 Å².